The molecule has 138 valence electrons. The summed E-state index contributed by atoms with van der Waals surface area (Å²) >= 11 is 7.23. The molecule has 0 fully saturated rings. The second-order valence-corrected chi connectivity index (χ2v) is 12.2. The maximum atomic E-state index is 12.2. The summed E-state index contributed by atoms with van der Waals surface area (Å²) in [6.07, 6.45) is 0. The lowest BCUT2D eigenvalue weighted by molar-refractivity contribution is 0.447. The third kappa shape index (κ3) is 4.25. The van der Waals surface area contributed by atoms with Crippen molar-refractivity contribution in [2.75, 3.05) is 0 Å². The van der Waals surface area contributed by atoms with Crippen molar-refractivity contribution in [1.29, 1.82) is 0 Å². The molecule has 0 aliphatic heterocycles. The fourth-order valence-corrected chi connectivity index (χ4v) is 7.94. The van der Waals surface area contributed by atoms with Crippen LogP contribution in [-0.2, 0) is 26.4 Å². The number of hydrogen-bond donors (Lipinski definition) is 0. The zero-order valence-corrected chi connectivity index (χ0v) is 19.9. The Bertz CT molecular complexity index is 718. The van der Waals surface area contributed by atoms with E-state index in [1.54, 1.807) is 0 Å². The van der Waals surface area contributed by atoms with Gasteiger partial charge >= 0.3 is 0 Å². The second-order valence-electron chi connectivity index (χ2n) is 9.29. The van der Waals surface area contributed by atoms with Gasteiger partial charge in [-0.05, 0) is 32.9 Å². The normalized spacial score (nSPS) is 14.2. The molecule has 0 unspecified atom stereocenters. The Hall–Kier alpha value is 0.0900. The first-order valence-electron chi connectivity index (χ1n) is 7.83. The number of rotatable bonds is 1. The molecule has 0 aliphatic carbocycles. The van der Waals surface area contributed by atoms with Crippen LogP contribution in [0, 0.1) is 0 Å². The Labute approximate surface area is 163 Å². The third-order valence-corrected chi connectivity index (χ3v) is 6.33. The van der Waals surface area contributed by atoms with Crippen LogP contribution in [0.2, 0.25) is 0 Å². The Morgan fingerprint density at radius 3 is 1.08 bits per heavy atom. The summed E-state index contributed by atoms with van der Waals surface area (Å²) in [5, 5.41) is 0. The summed E-state index contributed by atoms with van der Waals surface area (Å²) in [7, 11) is -4.65. The van der Waals surface area contributed by atoms with E-state index in [9.17, 15) is 13.0 Å². The molecule has 24 heavy (non-hydrogen) atoms. The first kappa shape index (κ1) is 22.1. The summed E-state index contributed by atoms with van der Waals surface area (Å²) in [5.74, 6) is 0. The smallest absolute Gasteiger partial charge is 0.125 e. The molecule has 0 bridgehead atoms. The van der Waals surface area contributed by atoms with Crippen LogP contribution in [0.15, 0.2) is 13.8 Å². The van der Waals surface area contributed by atoms with Crippen molar-refractivity contribution >= 4 is 42.0 Å². The Morgan fingerprint density at radius 2 is 0.917 bits per heavy atom. The molecule has 0 aliphatic rings. The molecule has 0 radical (unpaired) electrons. The molecule has 1 aromatic carbocycles. The molecular formula is C18H27Br2O3S-. The maximum absolute atomic E-state index is 12.2. The molecule has 3 nitrogen and oxygen atoms in total. The quantitative estimate of drug-likeness (QED) is 0.460. The van der Waals surface area contributed by atoms with E-state index < -0.39 is 20.9 Å². The predicted octanol–water partition coefficient (Wildman–Crippen LogP) is 6.01. The standard InChI is InChI=1S/C18H28Br2O3S/c1-16(2,3)10-13(19)11(17(4,5)6)15(24(21,22)23)12(14(10)20)18(7,8)9/h1-9H3,(H,21,22,23)/p-1. The van der Waals surface area contributed by atoms with Gasteiger partial charge in [0.1, 0.15) is 10.1 Å². The van der Waals surface area contributed by atoms with Crippen molar-refractivity contribution in [2.45, 2.75) is 83.5 Å². The Kier molecular flexibility index (Phi) is 5.86. The van der Waals surface area contributed by atoms with Crippen molar-refractivity contribution in [1.82, 2.24) is 0 Å². The maximum Gasteiger partial charge on any atom is 0.125 e. The fraction of sp³-hybridized carbons (Fsp3) is 0.667. The van der Waals surface area contributed by atoms with Crippen molar-refractivity contribution in [2.24, 2.45) is 0 Å². The molecule has 0 saturated carbocycles. The highest BCUT2D eigenvalue weighted by Gasteiger charge is 2.37. The van der Waals surface area contributed by atoms with Gasteiger partial charge in [0.05, 0.1) is 4.90 Å². The minimum Gasteiger partial charge on any atom is -0.744 e. The van der Waals surface area contributed by atoms with Gasteiger partial charge < -0.3 is 4.55 Å². The number of hydrogen-bond acceptors (Lipinski definition) is 3. The van der Waals surface area contributed by atoms with E-state index in [1.807, 2.05) is 41.5 Å². The van der Waals surface area contributed by atoms with Gasteiger partial charge in [-0.1, -0.05) is 94.2 Å². The Morgan fingerprint density at radius 1 is 0.667 bits per heavy atom. The van der Waals surface area contributed by atoms with Crippen LogP contribution in [0.3, 0.4) is 0 Å². The van der Waals surface area contributed by atoms with Crippen molar-refractivity contribution in [3.63, 3.8) is 0 Å². The molecule has 0 spiro atoms. The van der Waals surface area contributed by atoms with Crippen LogP contribution in [0.25, 0.3) is 0 Å². The van der Waals surface area contributed by atoms with E-state index in [-0.39, 0.29) is 10.3 Å². The lowest BCUT2D eigenvalue weighted by Gasteiger charge is -2.37. The van der Waals surface area contributed by atoms with Crippen LogP contribution in [0.1, 0.15) is 79.0 Å². The molecule has 1 aromatic rings. The minimum atomic E-state index is -4.65. The first-order valence-corrected chi connectivity index (χ1v) is 10.8. The molecule has 0 saturated heterocycles. The topological polar surface area (TPSA) is 57.2 Å². The van der Waals surface area contributed by atoms with E-state index in [2.05, 4.69) is 52.6 Å². The minimum absolute atomic E-state index is 0.103. The summed E-state index contributed by atoms with van der Waals surface area (Å²) in [4.78, 5) is -0.103. The number of benzene rings is 1. The highest BCUT2D eigenvalue weighted by molar-refractivity contribution is 9.11. The first-order chi connectivity index (χ1) is 10.3. The average molecular weight is 483 g/mol. The largest absolute Gasteiger partial charge is 0.744 e. The van der Waals surface area contributed by atoms with E-state index >= 15 is 0 Å². The Balaban J connectivity index is 4.40. The van der Waals surface area contributed by atoms with Gasteiger partial charge in [0.25, 0.3) is 0 Å². The summed E-state index contributed by atoms with van der Waals surface area (Å²) in [6, 6.07) is 0. The van der Waals surface area contributed by atoms with Gasteiger partial charge in [-0.2, -0.15) is 0 Å². The molecule has 0 atom stereocenters. The van der Waals surface area contributed by atoms with Crippen LogP contribution < -0.4 is 0 Å². The molecule has 1 rings (SSSR count). The highest BCUT2D eigenvalue weighted by Crippen LogP contribution is 2.50. The van der Waals surface area contributed by atoms with Crippen molar-refractivity contribution in [3.05, 3.63) is 25.6 Å². The van der Waals surface area contributed by atoms with E-state index in [4.69, 9.17) is 0 Å². The van der Waals surface area contributed by atoms with E-state index in [1.165, 1.54) is 0 Å². The van der Waals surface area contributed by atoms with Gasteiger partial charge in [0.15, 0.2) is 0 Å². The van der Waals surface area contributed by atoms with E-state index in [0.717, 1.165) is 5.56 Å². The van der Waals surface area contributed by atoms with Crippen LogP contribution >= 0.6 is 31.9 Å². The lowest BCUT2D eigenvalue weighted by Crippen LogP contribution is -2.28. The van der Waals surface area contributed by atoms with Crippen LogP contribution in [0.5, 0.6) is 0 Å². The van der Waals surface area contributed by atoms with Gasteiger partial charge in [-0.3, -0.25) is 0 Å². The summed E-state index contributed by atoms with van der Waals surface area (Å²) in [6.45, 7) is 17.8. The third-order valence-electron chi connectivity index (χ3n) is 3.83. The fourth-order valence-electron chi connectivity index (χ4n) is 2.92. The van der Waals surface area contributed by atoms with Gasteiger partial charge in [-0.15, -0.1) is 0 Å². The van der Waals surface area contributed by atoms with Crippen LogP contribution in [-0.4, -0.2) is 13.0 Å². The molecule has 6 heteroatoms. The van der Waals surface area contributed by atoms with Gasteiger partial charge in [-0.25, -0.2) is 8.42 Å². The van der Waals surface area contributed by atoms with Crippen molar-refractivity contribution in [3.8, 4) is 0 Å². The van der Waals surface area contributed by atoms with E-state index in [0.29, 0.717) is 20.1 Å². The molecule has 0 N–H and O–H groups in total. The SMILES string of the molecule is CC(C)(C)c1c(Br)c(C(C)(C)C)c(S(=O)(=O)[O-])c(C(C)(C)C)c1Br. The monoisotopic (exact) mass is 481 g/mol. The predicted molar refractivity (Wildman–Crippen MR) is 106 cm³/mol. The zero-order chi connectivity index (χ0) is 19.5. The lowest BCUT2D eigenvalue weighted by atomic mass is 9.75. The zero-order valence-electron chi connectivity index (χ0n) is 15.9. The summed E-state index contributed by atoms with van der Waals surface area (Å²) in [5.41, 5.74) is 0.831. The number of halogens is 2. The molecule has 0 aromatic heterocycles. The van der Waals surface area contributed by atoms with Crippen molar-refractivity contribution < 1.29 is 13.0 Å². The van der Waals surface area contributed by atoms with Gasteiger partial charge in [0.2, 0.25) is 0 Å². The molecular weight excluding hydrogens is 456 g/mol. The average Bonchev–Trinajstić information content (AvgIpc) is 2.20. The van der Waals surface area contributed by atoms with Gasteiger partial charge in [0, 0.05) is 8.95 Å². The summed E-state index contributed by atoms with van der Waals surface area (Å²) < 4.78 is 38.1. The highest BCUT2D eigenvalue weighted by atomic mass is 79.9. The molecule has 0 amide bonds. The molecule has 0 heterocycles. The van der Waals surface area contributed by atoms with Crippen LogP contribution in [0.4, 0.5) is 0 Å². The second kappa shape index (κ2) is 6.36.